The van der Waals surface area contributed by atoms with Crippen molar-refractivity contribution < 1.29 is 5.21 Å². The van der Waals surface area contributed by atoms with E-state index in [0.29, 0.717) is 0 Å². The molecule has 50 valence electrons. The zero-order valence-corrected chi connectivity index (χ0v) is 6.03. The maximum Gasteiger partial charge on any atom is 0.00648 e. The van der Waals surface area contributed by atoms with E-state index < -0.39 is 0 Å². The minimum atomic E-state index is 0.970. The molecule has 1 aliphatic carbocycles. The van der Waals surface area contributed by atoms with Crippen LogP contribution >= 0.6 is 11.9 Å². The standard InChI is InChI=1S/C6H9NOS/c1-5-2-3-6(4-5)9-7-8/h2-3,7-8H,4H2,1H3. The predicted octanol–water partition coefficient (Wildman–Crippen LogP) is 1.85. The Morgan fingerprint density at radius 2 is 2.44 bits per heavy atom. The van der Waals surface area contributed by atoms with Gasteiger partial charge in [0, 0.05) is 11.3 Å². The van der Waals surface area contributed by atoms with Gasteiger partial charge >= 0.3 is 0 Å². The summed E-state index contributed by atoms with van der Waals surface area (Å²) in [7, 11) is 0. The van der Waals surface area contributed by atoms with E-state index in [9.17, 15) is 0 Å². The molecular weight excluding hydrogens is 134 g/mol. The molecule has 0 spiro atoms. The van der Waals surface area contributed by atoms with Crippen molar-refractivity contribution in [2.75, 3.05) is 0 Å². The second-order valence-corrected chi connectivity index (χ2v) is 2.93. The molecule has 0 amide bonds. The lowest BCUT2D eigenvalue weighted by atomic mass is 10.3. The Hall–Kier alpha value is -0.250. The Kier molecular flexibility index (Phi) is 2.33. The first-order chi connectivity index (χ1) is 4.33. The summed E-state index contributed by atoms with van der Waals surface area (Å²) >= 11 is 1.26. The van der Waals surface area contributed by atoms with Crippen molar-refractivity contribution in [3.63, 3.8) is 0 Å². The molecule has 3 heteroatoms. The lowest BCUT2D eigenvalue weighted by molar-refractivity contribution is 0.259. The van der Waals surface area contributed by atoms with E-state index in [1.54, 1.807) is 0 Å². The van der Waals surface area contributed by atoms with E-state index in [2.05, 4.69) is 13.0 Å². The quantitative estimate of drug-likeness (QED) is 0.457. The maximum atomic E-state index is 8.26. The average Bonchev–Trinajstić information content (AvgIpc) is 2.17. The van der Waals surface area contributed by atoms with Gasteiger partial charge < -0.3 is 5.21 Å². The van der Waals surface area contributed by atoms with Crippen LogP contribution in [0, 0.1) is 0 Å². The van der Waals surface area contributed by atoms with Crippen molar-refractivity contribution >= 4 is 11.9 Å². The van der Waals surface area contributed by atoms with Gasteiger partial charge in [-0.05, 0) is 18.9 Å². The predicted molar refractivity (Wildman–Crippen MR) is 39.0 cm³/mol. The molecule has 0 radical (unpaired) electrons. The number of hydrogen-bond donors (Lipinski definition) is 2. The highest BCUT2D eigenvalue weighted by atomic mass is 32.2. The molecule has 1 rings (SSSR count). The molecule has 0 aromatic rings. The molecule has 0 aromatic carbocycles. The van der Waals surface area contributed by atoms with Crippen LogP contribution in [0.15, 0.2) is 22.6 Å². The number of rotatable bonds is 2. The molecule has 0 fully saturated rings. The van der Waals surface area contributed by atoms with Crippen LogP contribution in [0.2, 0.25) is 0 Å². The Morgan fingerprint density at radius 3 is 2.89 bits per heavy atom. The van der Waals surface area contributed by atoms with E-state index in [-0.39, 0.29) is 0 Å². The minimum Gasteiger partial charge on any atom is -0.306 e. The molecule has 9 heavy (non-hydrogen) atoms. The molecule has 1 aliphatic rings. The van der Waals surface area contributed by atoms with Crippen molar-refractivity contribution in [1.82, 2.24) is 4.89 Å². The van der Waals surface area contributed by atoms with E-state index in [4.69, 9.17) is 5.21 Å². The smallest absolute Gasteiger partial charge is 0.00648 e. The van der Waals surface area contributed by atoms with Gasteiger partial charge in [0.1, 0.15) is 0 Å². The molecule has 0 aromatic heterocycles. The largest absolute Gasteiger partial charge is 0.306 e. The van der Waals surface area contributed by atoms with Crippen molar-refractivity contribution in [1.29, 1.82) is 0 Å². The highest BCUT2D eigenvalue weighted by Gasteiger charge is 2.03. The monoisotopic (exact) mass is 143 g/mol. The Morgan fingerprint density at radius 1 is 1.67 bits per heavy atom. The van der Waals surface area contributed by atoms with Gasteiger partial charge in [0.2, 0.25) is 0 Å². The van der Waals surface area contributed by atoms with E-state index >= 15 is 0 Å². The van der Waals surface area contributed by atoms with E-state index in [1.807, 2.05) is 11.0 Å². The SMILES string of the molecule is CC1=CC=C(SNO)C1. The van der Waals surface area contributed by atoms with Gasteiger partial charge in [-0.2, -0.15) is 0 Å². The maximum absolute atomic E-state index is 8.26. The van der Waals surface area contributed by atoms with Gasteiger partial charge in [0.15, 0.2) is 0 Å². The van der Waals surface area contributed by atoms with Crippen LogP contribution in [-0.2, 0) is 0 Å². The van der Waals surface area contributed by atoms with Gasteiger partial charge in [-0.15, -0.1) is 4.89 Å². The first-order valence-electron chi connectivity index (χ1n) is 2.75. The van der Waals surface area contributed by atoms with Crippen molar-refractivity contribution in [2.45, 2.75) is 13.3 Å². The molecule has 0 atom stereocenters. The molecule has 0 aliphatic heterocycles. The van der Waals surface area contributed by atoms with Crippen LogP contribution in [0.4, 0.5) is 0 Å². The number of allylic oxidation sites excluding steroid dienone is 4. The van der Waals surface area contributed by atoms with Gasteiger partial charge in [0.25, 0.3) is 0 Å². The summed E-state index contributed by atoms with van der Waals surface area (Å²) in [5.41, 5.74) is 1.34. The average molecular weight is 143 g/mol. The summed E-state index contributed by atoms with van der Waals surface area (Å²) in [6.07, 6.45) is 5.03. The van der Waals surface area contributed by atoms with Crippen molar-refractivity contribution in [3.05, 3.63) is 22.6 Å². The molecule has 0 saturated heterocycles. The second kappa shape index (κ2) is 3.06. The summed E-state index contributed by atoms with van der Waals surface area (Å²) < 4.78 is 0. The minimum absolute atomic E-state index is 0.970. The van der Waals surface area contributed by atoms with Gasteiger partial charge in [-0.1, -0.05) is 17.7 Å². The number of hydrogen-bond acceptors (Lipinski definition) is 3. The fourth-order valence-corrected chi connectivity index (χ4v) is 1.31. The third-order valence-corrected chi connectivity index (χ3v) is 1.82. The third kappa shape index (κ3) is 1.86. The summed E-state index contributed by atoms with van der Waals surface area (Å²) in [6.45, 7) is 2.07. The van der Waals surface area contributed by atoms with Crippen molar-refractivity contribution in [2.24, 2.45) is 0 Å². The molecule has 0 saturated carbocycles. The van der Waals surface area contributed by atoms with Crippen molar-refractivity contribution in [3.8, 4) is 0 Å². The summed E-state index contributed by atoms with van der Waals surface area (Å²) in [5, 5.41) is 8.26. The first kappa shape index (κ1) is 6.86. The fraction of sp³-hybridized carbons (Fsp3) is 0.333. The van der Waals surface area contributed by atoms with E-state index in [1.165, 1.54) is 17.5 Å². The highest BCUT2D eigenvalue weighted by Crippen LogP contribution is 2.25. The van der Waals surface area contributed by atoms with Crippen LogP contribution in [0.1, 0.15) is 13.3 Å². The van der Waals surface area contributed by atoms with Gasteiger partial charge in [-0.25, -0.2) is 0 Å². The Balaban J connectivity index is 2.35. The topological polar surface area (TPSA) is 32.3 Å². The molecule has 0 bridgehead atoms. The normalized spacial score (nSPS) is 17.6. The summed E-state index contributed by atoms with van der Waals surface area (Å²) in [4.78, 5) is 3.21. The number of nitrogens with one attached hydrogen (secondary N) is 1. The lowest BCUT2D eigenvalue weighted by Crippen LogP contribution is -1.92. The van der Waals surface area contributed by atoms with E-state index in [0.717, 1.165) is 11.3 Å². The summed E-state index contributed by atoms with van der Waals surface area (Å²) in [6, 6.07) is 0. The lowest BCUT2D eigenvalue weighted by Gasteiger charge is -1.96. The highest BCUT2D eigenvalue weighted by molar-refractivity contribution is 8.01. The van der Waals surface area contributed by atoms with Crippen LogP contribution in [0.25, 0.3) is 0 Å². The van der Waals surface area contributed by atoms with Crippen LogP contribution < -0.4 is 4.89 Å². The first-order valence-corrected chi connectivity index (χ1v) is 3.57. The zero-order chi connectivity index (χ0) is 6.69. The van der Waals surface area contributed by atoms with Gasteiger partial charge in [0.05, 0.1) is 0 Å². The zero-order valence-electron chi connectivity index (χ0n) is 5.22. The molecular formula is C6H9NOS. The third-order valence-electron chi connectivity index (χ3n) is 1.18. The Bertz CT molecular complexity index is 162. The van der Waals surface area contributed by atoms with Gasteiger partial charge in [-0.3, -0.25) is 0 Å². The molecule has 2 nitrogen and oxygen atoms in total. The van der Waals surface area contributed by atoms with Crippen LogP contribution in [0.3, 0.4) is 0 Å². The molecule has 2 N–H and O–H groups in total. The second-order valence-electron chi connectivity index (χ2n) is 2.02. The molecule has 0 heterocycles. The molecule has 0 unspecified atom stereocenters. The Labute approximate surface area is 58.7 Å². The summed E-state index contributed by atoms with van der Waals surface area (Å²) in [5.74, 6) is 0. The van der Waals surface area contributed by atoms with Crippen LogP contribution in [0.5, 0.6) is 0 Å². The fourth-order valence-electron chi connectivity index (χ4n) is 0.757. The van der Waals surface area contributed by atoms with Crippen LogP contribution in [-0.4, -0.2) is 5.21 Å².